The molecule has 0 radical (unpaired) electrons. The van der Waals surface area contributed by atoms with E-state index < -0.39 is 21.0 Å². The summed E-state index contributed by atoms with van der Waals surface area (Å²) in [4.78, 5) is 0. The molecule has 0 aromatic rings. The Morgan fingerprint density at radius 1 is 1.22 bits per heavy atom. The molecule has 0 aromatic heterocycles. The average Bonchev–Trinajstić information content (AvgIpc) is 1.88. The van der Waals surface area contributed by atoms with Crippen LogP contribution in [0.2, 0.25) is 0 Å². The van der Waals surface area contributed by atoms with Gasteiger partial charge in [-0.25, -0.2) is 0 Å². The van der Waals surface area contributed by atoms with Crippen molar-refractivity contribution in [3.8, 4) is 0 Å². The van der Waals surface area contributed by atoms with E-state index >= 15 is 0 Å². The zero-order valence-corrected chi connectivity index (χ0v) is 15.2. The summed E-state index contributed by atoms with van der Waals surface area (Å²) in [7, 11) is 0. The van der Waals surface area contributed by atoms with Crippen LogP contribution in [0, 0.1) is 0 Å². The van der Waals surface area contributed by atoms with Gasteiger partial charge in [0.25, 0.3) is 0 Å². The van der Waals surface area contributed by atoms with E-state index in [0.29, 0.717) is 0 Å². The summed E-state index contributed by atoms with van der Waals surface area (Å²) in [5.74, 6) is 0. The van der Waals surface area contributed by atoms with Crippen LogP contribution in [0.4, 0.5) is 0 Å². The minimum atomic E-state index is -2.25. The van der Waals surface area contributed by atoms with E-state index in [1.165, 1.54) is 0 Å². The Bertz CT molecular complexity index is 55.8. The molecule has 0 atom stereocenters. The van der Waals surface area contributed by atoms with Crippen molar-refractivity contribution in [2.75, 3.05) is 13.2 Å². The van der Waals surface area contributed by atoms with Crippen molar-refractivity contribution in [1.29, 1.82) is 0 Å². The van der Waals surface area contributed by atoms with Gasteiger partial charge < -0.3 is 0 Å². The summed E-state index contributed by atoms with van der Waals surface area (Å²) < 4.78 is 15.7. The molecular formula is C4H14O3Sn2. The molecule has 0 spiro atoms. The first-order valence-corrected chi connectivity index (χ1v) is 9.47. The van der Waals surface area contributed by atoms with E-state index in [1.807, 2.05) is 13.8 Å². The number of hydrogen-bond donors (Lipinski definition) is 0. The standard InChI is InChI=1S/2C2H5O.O.2Sn.4H/c2*1-2-3;;;;;;;/h2*2H2,1H3;;;;;;;/q2*-1;;;+2;;;;. The molecule has 0 aliphatic carbocycles. The van der Waals surface area contributed by atoms with Gasteiger partial charge in [-0.05, 0) is 0 Å². The van der Waals surface area contributed by atoms with Crippen LogP contribution in [-0.2, 0) is 7.56 Å². The Balaban J connectivity index is 3.18. The van der Waals surface area contributed by atoms with Crippen LogP contribution in [0.15, 0.2) is 0 Å². The molecule has 0 aromatic carbocycles. The van der Waals surface area contributed by atoms with Crippen LogP contribution in [0.5, 0.6) is 0 Å². The first-order valence-electron chi connectivity index (χ1n) is 3.11. The van der Waals surface area contributed by atoms with Gasteiger partial charge in [0.1, 0.15) is 0 Å². The summed E-state index contributed by atoms with van der Waals surface area (Å²) in [6.45, 7) is 5.41. The molecule has 56 valence electrons. The molecule has 0 heterocycles. The van der Waals surface area contributed by atoms with Gasteiger partial charge in [0.15, 0.2) is 0 Å². The fraction of sp³-hybridized carbons (Fsp3) is 1.00. The molecule has 0 aliphatic heterocycles. The summed E-state index contributed by atoms with van der Waals surface area (Å²) in [6.07, 6.45) is 0. The molecule has 0 aliphatic rings. The maximum atomic E-state index is 5.25. The van der Waals surface area contributed by atoms with Crippen molar-refractivity contribution in [1.82, 2.24) is 0 Å². The van der Waals surface area contributed by atoms with Crippen LogP contribution >= 0.6 is 0 Å². The Morgan fingerprint density at radius 3 is 1.89 bits per heavy atom. The van der Waals surface area contributed by atoms with Gasteiger partial charge >= 0.3 is 78.6 Å². The molecule has 3 nitrogen and oxygen atoms in total. The molecule has 0 amide bonds. The van der Waals surface area contributed by atoms with Gasteiger partial charge in [-0.1, -0.05) is 0 Å². The first kappa shape index (κ1) is 10.5. The Labute approximate surface area is 78.1 Å². The summed E-state index contributed by atoms with van der Waals surface area (Å²) >= 11 is -1.97. The quantitative estimate of drug-likeness (QED) is 0.602. The average molecular weight is 348 g/mol. The topological polar surface area (TPSA) is 27.7 Å². The molecule has 9 heavy (non-hydrogen) atoms. The van der Waals surface area contributed by atoms with E-state index in [0.717, 1.165) is 13.2 Å². The van der Waals surface area contributed by atoms with Gasteiger partial charge in [0.2, 0.25) is 0 Å². The second-order valence-electron chi connectivity index (χ2n) is 1.44. The molecule has 0 bridgehead atoms. The minimum absolute atomic E-state index is 0.283. The normalized spacial score (nSPS) is 11.0. The van der Waals surface area contributed by atoms with E-state index in [2.05, 4.69) is 0 Å². The number of rotatable bonds is 5. The third-order valence-corrected chi connectivity index (χ3v) is 12.7. The summed E-state index contributed by atoms with van der Waals surface area (Å²) in [6, 6.07) is 0. The van der Waals surface area contributed by atoms with Crippen molar-refractivity contribution in [2.24, 2.45) is 0 Å². The van der Waals surface area contributed by atoms with E-state index in [-0.39, 0.29) is 22.9 Å². The summed E-state index contributed by atoms with van der Waals surface area (Å²) in [5.41, 5.74) is 0. The molecule has 5 heteroatoms. The zero-order chi connectivity index (χ0) is 7.11. The molecule has 0 saturated carbocycles. The molecular weight excluding hydrogens is 333 g/mol. The van der Waals surface area contributed by atoms with Crippen molar-refractivity contribution in [2.45, 2.75) is 13.8 Å². The van der Waals surface area contributed by atoms with E-state index in [9.17, 15) is 0 Å². The summed E-state index contributed by atoms with van der Waals surface area (Å²) in [5, 5.41) is 0. The monoisotopic (exact) mass is 350 g/mol. The van der Waals surface area contributed by atoms with Crippen LogP contribution in [0.3, 0.4) is 0 Å². The SMILES string of the molecule is CC[O][SnH]([O][SnH3])[O]CC. The molecule has 0 saturated heterocycles. The van der Waals surface area contributed by atoms with Gasteiger partial charge in [0.05, 0.1) is 0 Å². The van der Waals surface area contributed by atoms with Gasteiger partial charge in [-0.15, -0.1) is 0 Å². The van der Waals surface area contributed by atoms with Crippen molar-refractivity contribution in [3.63, 3.8) is 0 Å². The third-order valence-electron chi connectivity index (χ3n) is 0.798. The van der Waals surface area contributed by atoms with Crippen LogP contribution in [0.1, 0.15) is 13.8 Å². The second-order valence-corrected chi connectivity index (χ2v) is 15.4. The Kier molecular flexibility index (Phi) is 8.83. The molecule has 0 rings (SSSR count). The predicted octanol–water partition coefficient (Wildman–Crippen LogP) is -0.926. The van der Waals surface area contributed by atoms with E-state index in [1.54, 1.807) is 0 Å². The fourth-order valence-electron chi connectivity index (χ4n) is 0.456. The zero-order valence-electron chi connectivity index (χ0n) is 6.22. The van der Waals surface area contributed by atoms with E-state index in [4.69, 9.17) is 7.56 Å². The van der Waals surface area contributed by atoms with Crippen molar-refractivity contribution in [3.05, 3.63) is 0 Å². The third kappa shape index (κ3) is 5.90. The fourth-order valence-corrected chi connectivity index (χ4v) is 8.27. The number of hydrogen-bond acceptors (Lipinski definition) is 3. The first-order chi connectivity index (χ1) is 4.35. The van der Waals surface area contributed by atoms with Crippen molar-refractivity contribution >= 4 is 43.9 Å². The van der Waals surface area contributed by atoms with Gasteiger partial charge in [-0.3, -0.25) is 0 Å². The Morgan fingerprint density at radius 2 is 1.67 bits per heavy atom. The Hall–Kier alpha value is 1.48. The van der Waals surface area contributed by atoms with Gasteiger partial charge in [-0.2, -0.15) is 0 Å². The maximum absolute atomic E-state index is 5.25. The van der Waals surface area contributed by atoms with Gasteiger partial charge in [0, 0.05) is 0 Å². The van der Waals surface area contributed by atoms with Crippen LogP contribution in [0.25, 0.3) is 0 Å². The molecule has 0 fully saturated rings. The van der Waals surface area contributed by atoms with Crippen LogP contribution in [-0.4, -0.2) is 57.2 Å². The van der Waals surface area contributed by atoms with Crippen molar-refractivity contribution < 1.29 is 7.56 Å². The molecule has 0 unspecified atom stereocenters. The predicted molar refractivity (Wildman–Crippen MR) is 41.4 cm³/mol. The van der Waals surface area contributed by atoms with Crippen LogP contribution < -0.4 is 0 Å². The molecule has 0 N–H and O–H groups in total. The second kappa shape index (κ2) is 7.58.